The van der Waals surface area contributed by atoms with Gasteiger partial charge in [-0.25, -0.2) is 0 Å². The van der Waals surface area contributed by atoms with Gasteiger partial charge in [0.15, 0.2) is 5.69 Å². The lowest BCUT2D eigenvalue weighted by atomic mass is 10.6. The molecule has 0 saturated heterocycles. The predicted octanol–water partition coefficient (Wildman–Crippen LogP) is 0.147. The molecular formula is C4N2O. The quantitative estimate of drug-likeness (QED) is 0.457. The molecule has 0 fully saturated rings. The van der Waals surface area contributed by atoms with Crippen LogP contribution in [0.2, 0.25) is 0 Å². The Morgan fingerprint density at radius 2 is 2.71 bits per heavy atom. The molecule has 1 aromatic rings. The van der Waals surface area contributed by atoms with Crippen molar-refractivity contribution in [2.75, 3.05) is 0 Å². The molecule has 3 nitrogen and oxygen atoms in total. The molecule has 1 aromatic heterocycles. The molecule has 0 aliphatic heterocycles. The summed E-state index contributed by atoms with van der Waals surface area (Å²) in [6, 6.07) is 1.72. The summed E-state index contributed by atoms with van der Waals surface area (Å²) in [7, 11) is 0. The molecule has 0 spiro atoms. The molecule has 3 heteroatoms. The molecule has 0 saturated carbocycles. The van der Waals surface area contributed by atoms with Crippen molar-refractivity contribution < 1.29 is 4.42 Å². The number of nitriles is 1. The maximum Gasteiger partial charge on any atom is 0.285 e. The molecule has 1 rings (SSSR count). The van der Waals surface area contributed by atoms with Crippen LogP contribution in [0.3, 0.4) is 0 Å². The SMILES string of the molecule is N#Cc1[c]o[c]n1. The van der Waals surface area contributed by atoms with Gasteiger partial charge >= 0.3 is 0 Å². The lowest BCUT2D eigenvalue weighted by Gasteiger charge is -1.56. The number of hydrogen-bond donors (Lipinski definition) is 0. The number of aromatic nitrogens is 1. The zero-order valence-electron chi connectivity index (χ0n) is 3.30. The molecule has 0 aliphatic rings. The van der Waals surface area contributed by atoms with Crippen LogP contribution in [0.15, 0.2) is 4.42 Å². The molecule has 2 radical (unpaired) electrons. The Morgan fingerprint density at radius 1 is 1.86 bits per heavy atom. The molecular weight excluding hydrogens is 92.1 g/mol. The fourth-order valence-electron chi connectivity index (χ4n) is 0.210. The van der Waals surface area contributed by atoms with E-state index in [-0.39, 0.29) is 5.69 Å². The third-order valence-corrected chi connectivity index (χ3v) is 0.457. The average molecular weight is 92.1 g/mol. The summed E-state index contributed by atoms with van der Waals surface area (Å²) in [5.41, 5.74) is 0.139. The van der Waals surface area contributed by atoms with Crippen LogP contribution in [0.5, 0.6) is 0 Å². The Labute approximate surface area is 40.2 Å². The first-order valence-electron chi connectivity index (χ1n) is 1.58. The van der Waals surface area contributed by atoms with Crippen LogP contribution in [0.25, 0.3) is 0 Å². The van der Waals surface area contributed by atoms with Crippen molar-refractivity contribution in [3.63, 3.8) is 0 Å². The third kappa shape index (κ3) is 0.578. The second-order valence-corrected chi connectivity index (χ2v) is 0.868. The molecule has 0 amide bonds. The first-order valence-corrected chi connectivity index (χ1v) is 1.58. The minimum Gasteiger partial charge on any atom is -0.427 e. The van der Waals surface area contributed by atoms with Gasteiger partial charge in [0.25, 0.3) is 6.39 Å². The number of rotatable bonds is 0. The maximum atomic E-state index is 8.00. The van der Waals surface area contributed by atoms with Crippen LogP contribution in [0.4, 0.5) is 0 Å². The van der Waals surface area contributed by atoms with E-state index in [1.54, 1.807) is 6.07 Å². The van der Waals surface area contributed by atoms with E-state index in [4.69, 9.17) is 5.26 Å². The first kappa shape index (κ1) is 3.88. The van der Waals surface area contributed by atoms with E-state index >= 15 is 0 Å². The monoisotopic (exact) mass is 92.0 g/mol. The van der Waals surface area contributed by atoms with Crippen molar-refractivity contribution in [2.24, 2.45) is 0 Å². The average Bonchev–Trinajstić information content (AvgIpc) is 2.14. The summed E-state index contributed by atoms with van der Waals surface area (Å²) in [6.07, 6.45) is 4.26. The Bertz CT molecular complexity index is 172. The van der Waals surface area contributed by atoms with Gasteiger partial charge in [-0.1, -0.05) is 0 Å². The van der Waals surface area contributed by atoms with Gasteiger partial charge in [-0.15, -0.1) is 0 Å². The van der Waals surface area contributed by atoms with E-state index in [0.29, 0.717) is 0 Å². The van der Waals surface area contributed by atoms with Crippen LogP contribution in [-0.2, 0) is 0 Å². The highest BCUT2D eigenvalue weighted by Gasteiger charge is 1.88. The highest BCUT2D eigenvalue weighted by Crippen LogP contribution is 1.85. The van der Waals surface area contributed by atoms with Gasteiger partial charge in [0.1, 0.15) is 6.07 Å². The summed E-state index contributed by atoms with van der Waals surface area (Å²) in [4.78, 5) is 3.33. The molecule has 7 heavy (non-hydrogen) atoms. The number of oxazole rings is 1. The summed E-state index contributed by atoms with van der Waals surface area (Å²) >= 11 is 0. The fourth-order valence-corrected chi connectivity index (χ4v) is 0.210. The van der Waals surface area contributed by atoms with E-state index in [2.05, 4.69) is 22.1 Å². The number of hydrogen-bond acceptors (Lipinski definition) is 3. The Kier molecular flexibility index (Phi) is 0.794. The largest absolute Gasteiger partial charge is 0.427 e. The topological polar surface area (TPSA) is 49.8 Å². The van der Waals surface area contributed by atoms with Gasteiger partial charge in [0.2, 0.25) is 6.26 Å². The van der Waals surface area contributed by atoms with Gasteiger partial charge in [-0.05, 0) is 0 Å². The Morgan fingerprint density at radius 3 is 3.00 bits per heavy atom. The lowest BCUT2D eigenvalue weighted by Crippen LogP contribution is -1.65. The minimum atomic E-state index is 0.139. The minimum absolute atomic E-state index is 0.139. The normalized spacial score (nSPS) is 7.86. The van der Waals surface area contributed by atoms with Gasteiger partial charge in [0.05, 0.1) is 0 Å². The summed E-state index contributed by atoms with van der Waals surface area (Å²) in [5, 5.41) is 8.00. The van der Waals surface area contributed by atoms with Crippen LogP contribution < -0.4 is 0 Å². The van der Waals surface area contributed by atoms with Crippen molar-refractivity contribution in [3.05, 3.63) is 18.4 Å². The van der Waals surface area contributed by atoms with E-state index in [0.717, 1.165) is 0 Å². The summed E-state index contributed by atoms with van der Waals surface area (Å²) < 4.78 is 4.22. The van der Waals surface area contributed by atoms with Crippen molar-refractivity contribution in [1.82, 2.24) is 4.98 Å². The van der Waals surface area contributed by atoms with E-state index in [1.807, 2.05) is 0 Å². The van der Waals surface area contributed by atoms with Crippen molar-refractivity contribution >= 4 is 0 Å². The Hall–Kier alpha value is -1.30. The van der Waals surface area contributed by atoms with E-state index in [9.17, 15) is 0 Å². The molecule has 0 atom stereocenters. The van der Waals surface area contributed by atoms with Gasteiger partial charge < -0.3 is 4.42 Å². The molecule has 0 unspecified atom stereocenters. The van der Waals surface area contributed by atoms with Crippen LogP contribution in [-0.4, -0.2) is 4.98 Å². The first-order chi connectivity index (χ1) is 3.43. The van der Waals surface area contributed by atoms with Crippen LogP contribution >= 0.6 is 0 Å². The van der Waals surface area contributed by atoms with Crippen LogP contribution in [0.1, 0.15) is 5.69 Å². The zero-order valence-corrected chi connectivity index (χ0v) is 3.30. The van der Waals surface area contributed by atoms with Crippen molar-refractivity contribution in [1.29, 1.82) is 5.26 Å². The molecule has 1 heterocycles. The van der Waals surface area contributed by atoms with Gasteiger partial charge in [-0.3, -0.25) is 0 Å². The molecule has 0 bridgehead atoms. The predicted molar refractivity (Wildman–Crippen MR) is 18.9 cm³/mol. The van der Waals surface area contributed by atoms with E-state index < -0.39 is 0 Å². The second-order valence-electron chi connectivity index (χ2n) is 0.868. The lowest BCUT2D eigenvalue weighted by molar-refractivity contribution is 0.539. The third-order valence-electron chi connectivity index (χ3n) is 0.457. The highest BCUT2D eigenvalue weighted by atomic mass is 16.3. The Balaban J connectivity index is 3.04. The van der Waals surface area contributed by atoms with Crippen molar-refractivity contribution in [2.45, 2.75) is 0 Å². The van der Waals surface area contributed by atoms with Gasteiger partial charge in [0, 0.05) is 0 Å². The van der Waals surface area contributed by atoms with Crippen molar-refractivity contribution in [3.8, 4) is 6.07 Å². The highest BCUT2D eigenvalue weighted by molar-refractivity contribution is 5.10. The summed E-state index contributed by atoms with van der Waals surface area (Å²) in [6.45, 7) is 0. The number of nitrogens with zero attached hydrogens (tertiary/aromatic N) is 2. The standard InChI is InChI=1S/C4N2O/c5-1-4-2-7-3-6-4. The molecule has 32 valence electrons. The van der Waals surface area contributed by atoms with E-state index in [1.165, 1.54) is 0 Å². The maximum absolute atomic E-state index is 8.00. The second kappa shape index (κ2) is 1.43. The zero-order chi connectivity index (χ0) is 5.11. The van der Waals surface area contributed by atoms with Gasteiger partial charge in [-0.2, -0.15) is 10.2 Å². The smallest absolute Gasteiger partial charge is 0.285 e. The fraction of sp³-hybridized carbons (Fsp3) is 0. The molecule has 0 aromatic carbocycles. The van der Waals surface area contributed by atoms with Crippen LogP contribution in [0, 0.1) is 24.0 Å². The summed E-state index contributed by atoms with van der Waals surface area (Å²) in [5.74, 6) is 0. The molecule has 0 aliphatic carbocycles. The molecule has 0 N–H and O–H groups in total.